The van der Waals surface area contributed by atoms with Crippen molar-refractivity contribution in [2.75, 3.05) is 26.3 Å². The minimum atomic E-state index is -0.879. The number of fused-ring (bicyclic) bond motifs is 1. The highest BCUT2D eigenvalue weighted by Crippen LogP contribution is 2.42. The number of urea groups is 1. The standard InChI is InChI=1S/C15H26N2O4/c1-10(2)9-21-7-6-16-15(20)17-8-11-4-3-5-12(11)13(17)14(18)19/h10-13H,3-9H2,1-2H3,(H,16,20)(H,18,19). The predicted molar refractivity (Wildman–Crippen MR) is 78.0 cm³/mol. The predicted octanol–water partition coefficient (Wildman–Crippen LogP) is 1.55. The number of carbonyl (C=O) groups is 2. The van der Waals surface area contributed by atoms with Gasteiger partial charge in [0, 0.05) is 19.7 Å². The third-order valence-electron chi connectivity index (χ3n) is 4.38. The summed E-state index contributed by atoms with van der Waals surface area (Å²) in [4.78, 5) is 25.1. The van der Waals surface area contributed by atoms with E-state index in [2.05, 4.69) is 19.2 Å². The topological polar surface area (TPSA) is 78.9 Å². The van der Waals surface area contributed by atoms with Gasteiger partial charge in [-0.2, -0.15) is 0 Å². The van der Waals surface area contributed by atoms with E-state index < -0.39 is 12.0 Å². The molecule has 0 aromatic carbocycles. The van der Waals surface area contributed by atoms with Gasteiger partial charge in [-0.1, -0.05) is 20.3 Å². The summed E-state index contributed by atoms with van der Waals surface area (Å²) in [5, 5.41) is 12.2. The van der Waals surface area contributed by atoms with Gasteiger partial charge >= 0.3 is 12.0 Å². The van der Waals surface area contributed by atoms with E-state index in [0.717, 1.165) is 19.3 Å². The van der Waals surface area contributed by atoms with Crippen molar-refractivity contribution in [1.82, 2.24) is 10.2 Å². The van der Waals surface area contributed by atoms with Gasteiger partial charge in [0.1, 0.15) is 6.04 Å². The number of nitrogens with one attached hydrogen (secondary N) is 1. The van der Waals surface area contributed by atoms with Gasteiger partial charge in [-0.3, -0.25) is 0 Å². The molecule has 1 aliphatic heterocycles. The normalized spacial score (nSPS) is 28.0. The lowest BCUT2D eigenvalue weighted by Gasteiger charge is -2.24. The van der Waals surface area contributed by atoms with E-state index in [-0.39, 0.29) is 11.9 Å². The fourth-order valence-corrected chi connectivity index (χ4v) is 3.48. The Labute approximate surface area is 125 Å². The molecule has 3 atom stereocenters. The third-order valence-corrected chi connectivity index (χ3v) is 4.38. The molecule has 1 saturated heterocycles. The van der Waals surface area contributed by atoms with Crippen molar-refractivity contribution in [3.8, 4) is 0 Å². The van der Waals surface area contributed by atoms with E-state index in [4.69, 9.17) is 4.74 Å². The van der Waals surface area contributed by atoms with Gasteiger partial charge in [-0.15, -0.1) is 0 Å². The Kier molecular flexibility index (Phi) is 5.45. The number of rotatable bonds is 6. The Hall–Kier alpha value is -1.30. The summed E-state index contributed by atoms with van der Waals surface area (Å²) in [6.07, 6.45) is 3.04. The maximum Gasteiger partial charge on any atom is 0.326 e. The molecule has 6 nitrogen and oxygen atoms in total. The molecule has 21 heavy (non-hydrogen) atoms. The van der Waals surface area contributed by atoms with Crippen molar-refractivity contribution in [3.05, 3.63) is 0 Å². The van der Waals surface area contributed by atoms with Crippen LogP contribution in [0, 0.1) is 17.8 Å². The molecule has 1 aliphatic carbocycles. The third kappa shape index (κ3) is 3.87. The lowest BCUT2D eigenvalue weighted by atomic mass is 9.94. The zero-order valence-corrected chi connectivity index (χ0v) is 12.9. The number of carbonyl (C=O) groups excluding carboxylic acids is 1. The molecule has 1 heterocycles. The number of likely N-dealkylation sites (tertiary alicyclic amines) is 1. The minimum absolute atomic E-state index is 0.130. The second-order valence-electron chi connectivity index (χ2n) is 6.49. The molecule has 0 spiro atoms. The average molecular weight is 298 g/mol. The Balaban J connectivity index is 1.80. The van der Waals surface area contributed by atoms with Gasteiger partial charge in [0.2, 0.25) is 0 Å². The van der Waals surface area contributed by atoms with Crippen LogP contribution >= 0.6 is 0 Å². The number of carboxylic acids is 1. The second kappa shape index (κ2) is 7.11. The highest BCUT2D eigenvalue weighted by atomic mass is 16.5. The van der Waals surface area contributed by atoms with Crippen LogP contribution in [0.2, 0.25) is 0 Å². The molecule has 2 fully saturated rings. The summed E-state index contributed by atoms with van der Waals surface area (Å²) in [5.41, 5.74) is 0. The Morgan fingerprint density at radius 1 is 1.38 bits per heavy atom. The van der Waals surface area contributed by atoms with Crippen LogP contribution in [0.3, 0.4) is 0 Å². The van der Waals surface area contributed by atoms with E-state index >= 15 is 0 Å². The molecule has 6 heteroatoms. The van der Waals surface area contributed by atoms with Crippen molar-refractivity contribution >= 4 is 12.0 Å². The van der Waals surface area contributed by atoms with E-state index in [9.17, 15) is 14.7 Å². The number of hydrogen-bond acceptors (Lipinski definition) is 3. The average Bonchev–Trinajstić information content (AvgIpc) is 2.96. The number of nitrogens with zero attached hydrogens (tertiary/aromatic N) is 1. The first-order valence-corrected chi connectivity index (χ1v) is 7.85. The maximum absolute atomic E-state index is 12.2. The first-order chi connectivity index (χ1) is 10.0. The van der Waals surface area contributed by atoms with Gasteiger partial charge in [0.05, 0.1) is 6.61 Å². The fourth-order valence-electron chi connectivity index (χ4n) is 3.48. The molecule has 0 aromatic heterocycles. The molecule has 0 aromatic rings. The molecule has 2 amide bonds. The van der Waals surface area contributed by atoms with Crippen LogP contribution in [0.25, 0.3) is 0 Å². The molecule has 0 radical (unpaired) electrons. The Morgan fingerprint density at radius 3 is 2.81 bits per heavy atom. The van der Waals surface area contributed by atoms with Gasteiger partial charge in [0.15, 0.2) is 0 Å². The van der Waals surface area contributed by atoms with Crippen LogP contribution < -0.4 is 5.32 Å². The van der Waals surface area contributed by atoms with Crippen LogP contribution in [0.5, 0.6) is 0 Å². The van der Waals surface area contributed by atoms with Crippen LogP contribution in [0.1, 0.15) is 33.1 Å². The summed E-state index contributed by atoms with van der Waals surface area (Å²) >= 11 is 0. The fraction of sp³-hybridized carbons (Fsp3) is 0.867. The van der Waals surface area contributed by atoms with Crippen molar-refractivity contribution in [2.45, 2.75) is 39.2 Å². The summed E-state index contributed by atoms with van der Waals surface area (Å²) < 4.78 is 5.41. The largest absolute Gasteiger partial charge is 0.480 e. The SMILES string of the molecule is CC(C)COCCNC(=O)N1CC2CCCC2C1C(=O)O. The van der Waals surface area contributed by atoms with Gasteiger partial charge in [0.25, 0.3) is 0 Å². The number of amides is 2. The molecule has 120 valence electrons. The highest BCUT2D eigenvalue weighted by Gasteiger charge is 2.49. The van der Waals surface area contributed by atoms with E-state index in [1.54, 1.807) is 0 Å². The molecule has 2 rings (SSSR count). The van der Waals surface area contributed by atoms with Crippen LogP contribution in [-0.2, 0) is 9.53 Å². The van der Waals surface area contributed by atoms with Gasteiger partial charge in [-0.05, 0) is 30.6 Å². The maximum atomic E-state index is 12.2. The molecule has 1 saturated carbocycles. The van der Waals surface area contributed by atoms with Crippen molar-refractivity contribution < 1.29 is 19.4 Å². The summed E-state index contributed by atoms with van der Waals surface area (Å²) in [6, 6.07) is -0.931. The zero-order valence-electron chi connectivity index (χ0n) is 12.9. The van der Waals surface area contributed by atoms with Gasteiger partial charge in [-0.25, -0.2) is 9.59 Å². The van der Waals surface area contributed by atoms with Gasteiger partial charge < -0.3 is 20.1 Å². The quantitative estimate of drug-likeness (QED) is 0.729. The lowest BCUT2D eigenvalue weighted by Crippen LogP contribution is -2.48. The number of ether oxygens (including phenoxy) is 1. The molecule has 2 N–H and O–H groups in total. The number of hydrogen-bond donors (Lipinski definition) is 2. The summed E-state index contributed by atoms with van der Waals surface area (Å²) in [6.45, 7) is 6.26. The highest BCUT2D eigenvalue weighted by molar-refractivity contribution is 5.83. The van der Waals surface area contributed by atoms with E-state index in [1.165, 1.54) is 4.90 Å². The van der Waals surface area contributed by atoms with Crippen LogP contribution in [0.4, 0.5) is 4.79 Å². The number of carboxylic acid groups (broad SMARTS) is 1. The van der Waals surface area contributed by atoms with Crippen molar-refractivity contribution in [2.24, 2.45) is 17.8 Å². The second-order valence-corrected chi connectivity index (χ2v) is 6.49. The van der Waals surface area contributed by atoms with Crippen LogP contribution in [-0.4, -0.2) is 54.4 Å². The lowest BCUT2D eigenvalue weighted by molar-refractivity contribution is -0.142. The molecular weight excluding hydrogens is 272 g/mol. The van der Waals surface area contributed by atoms with Crippen LogP contribution in [0.15, 0.2) is 0 Å². The Bertz CT molecular complexity index is 386. The monoisotopic (exact) mass is 298 g/mol. The summed E-state index contributed by atoms with van der Waals surface area (Å²) in [7, 11) is 0. The van der Waals surface area contributed by atoms with E-state index in [0.29, 0.717) is 38.1 Å². The summed E-state index contributed by atoms with van der Waals surface area (Å²) in [5.74, 6) is 0.0742. The first-order valence-electron chi connectivity index (χ1n) is 7.85. The molecule has 0 bridgehead atoms. The number of aliphatic carboxylic acids is 1. The smallest absolute Gasteiger partial charge is 0.326 e. The van der Waals surface area contributed by atoms with Crippen molar-refractivity contribution in [3.63, 3.8) is 0 Å². The van der Waals surface area contributed by atoms with E-state index in [1.807, 2.05) is 0 Å². The molecule has 3 unspecified atom stereocenters. The molecule has 2 aliphatic rings. The zero-order chi connectivity index (χ0) is 15.4. The van der Waals surface area contributed by atoms with Crippen molar-refractivity contribution in [1.29, 1.82) is 0 Å². The first kappa shape index (κ1) is 16.1. The Morgan fingerprint density at radius 2 is 2.14 bits per heavy atom. The minimum Gasteiger partial charge on any atom is -0.480 e. The molecular formula is C15H26N2O4.